The predicted molar refractivity (Wildman–Crippen MR) is 88.6 cm³/mol. The molecule has 21 heavy (non-hydrogen) atoms. The minimum Gasteiger partial charge on any atom is -0.394 e. The standard InChI is InChI=1S/C17H35N3O/c1-4-9-18-17(14-21)8-6-7-16(12-17)20-11-10-19(3)15(5-2)13-20/h15-16,18,21H,4-14H2,1-3H3. The third kappa shape index (κ3) is 4.19. The Morgan fingerprint density at radius 3 is 2.76 bits per heavy atom. The van der Waals surface area contributed by atoms with Crippen LogP contribution in [0.4, 0.5) is 0 Å². The summed E-state index contributed by atoms with van der Waals surface area (Å²) in [6, 6.07) is 1.35. The van der Waals surface area contributed by atoms with Crippen LogP contribution in [0.2, 0.25) is 0 Å². The molecule has 0 radical (unpaired) electrons. The summed E-state index contributed by atoms with van der Waals surface area (Å²) >= 11 is 0. The third-order valence-electron chi connectivity index (χ3n) is 5.67. The Kier molecular flexibility index (Phi) is 6.48. The minimum atomic E-state index is -0.0238. The number of rotatable bonds is 6. The Bertz CT molecular complexity index is 312. The van der Waals surface area contributed by atoms with Crippen molar-refractivity contribution >= 4 is 0 Å². The average Bonchev–Trinajstić information content (AvgIpc) is 2.53. The van der Waals surface area contributed by atoms with Gasteiger partial charge in [0.05, 0.1) is 6.61 Å². The summed E-state index contributed by atoms with van der Waals surface area (Å²) in [5, 5.41) is 13.6. The normalized spacial score (nSPS) is 36.0. The number of likely N-dealkylation sites (N-methyl/N-ethyl adjacent to an activating group) is 1. The van der Waals surface area contributed by atoms with E-state index in [1.807, 2.05) is 0 Å². The van der Waals surface area contributed by atoms with Gasteiger partial charge in [0.25, 0.3) is 0 Å². The van der Waals surface area contributed by atoms with Crippen LogP contribution in [0.25, 0.3) is 0 Å². The second-order valence-electron chi connectivity index (χ2n) is 7.15. The maximum Gasteiger partial charge on any atom is 0.0613 e. The third-order valence-corrected chi connectivity index (χ3v) is 5.67. The quantitative estimate of drug-likeness (QED) is 0.782. The van der Waals surface area contributed by atoms with Gasteiger partial charge in [-0.3, -0.25) is 4.90 Å². The number of piperazine rings is 1. The topological polar surface area (TPSA) is 38.7 Å². The highest BCUT2D eigenvalue weighted by Crippen LogP contribution is 2.32. The number of hydrogen-bond donors (Lipinski definition) is 2. The van der Waals surface area contributed by atoms with E-state index in [-0.39, 0.29) is 12.1 Å². The van der Waals surface area contributed by atoms with Gasteiger partial charge in [0.1, 0.15) is 0 Å². The van der Waals surface area contributed by atoms with Crippen LogP contribution in [0.15, 0.2) is 0 Å². The van der Waals surface area contributed by atoms with E-state index in [0.29, 0.717) is 12.1 Å². The van der Waals surface area contributed by atoms with Gasteiger partial charge < -0.3 is 15.3 Å². The van der Waals surface area contributed by atoms with Crippen LogP contribution in [0, 0.1) is 0 Å². The molecular formula is C17H35N3O. The number of aliphatic hydroxyl groups is 1. The molecule has 0 aromatic rings. The summed E-state index contributed by atoms with van der Waals surface area (Å²) < 4.78 is 0. The van der Waals surface area contributed by atoms with Crippen molar-refractivity contribution in [2.75, 3.05) is 39.8 Å². The first-order chi connectivity index (χ1) is 10.1. The molecule has 1 heterocycles. The van der Waals surface area contributed by atoms with E-state index in [1.54, 1.807) is 0 Å². The second-order valence-corrected chi connectivity index (χ2v) is 7.15. The summed E-state index contributed by atoms with van der Waals surface area (Å²) in [7, 11) is 2.26. The van der Waals surface area contributed by atoms with Gasteiger partial charge in [-0.15, -0.1) is 0 Å². The second kappa shape index (κ2) is 7.91. The van der Waals surface area contributed by atoms with E-state index in [0.717, 1.165) is 25.8 Å². The van der Waals surface area contributed by atoms with E-state index < -0.39 is 0 Å². The Hall–Kier alpha value is -0.160. The Balaban J connectivity index is 1.96. The monoisotopic (exact) mass is 297 g/mol. The minimum absolute atomic E-state index is 0.0238. The van der Waals surface area contributed by atoms with Crippen LogP contribution in [0.1, 0.15) is 52.4 Å². The fraction of sp³-hybridized carbons (Fsp3) is 1.00. The molecule has 0 aromatic heterocycles. The van der Waals surface area contributed by atoms with E-state index in [1.165, 1.54) is 38.9 Å². The first-order valence-electron chi connectivity index (χ1n) is 8.94. The van der Waals surface area contributed by atoms with Crippen LogP contribution in [-0.2, 0) is 0 Å². The molecule has 1 aliphatic heterocycles. The smallest absolute Gasteiger partial charge is 0.0613 e. The molecule has 2 rings (SSSR count). The highest BCUT2D eigenvalue weighted by atomic mass is 16.3. The molecule has 0 amide bonds. The maximum absolute atomic E-state index is 9.94. The van der Waals surface area contributed by atoms with Crippen LogP contribution >= 0.6 is 0 Å². The first kappa shape index (κ1) is 17.2. The summed E-state index contributed by atoms with van der Waals surface area (Å²) in [6.07, 6.45) is 7.16. The summed E-state index contributed by atoms with van der Waals surface area (Å²) in [5.41, 5.74) is -0.0238. The first-order valence-corrected chi connectivity index (χ1v) is 8.94. The van der Waals surface area contributed by atoms with Gasteiger partial charge in [-0.25, -0.2) is 0 Å². The fourth-order valence-corrected chi connectivity index (χ4v) is 4.14. The van der Waals surface area contributed by atoms with Crippen LogP contribution in [-0.4, -0.2) is 72.4 Å². The Labute approximate surface area is 130 Å². The molecule has 1 aliphatic carbocycles. The average molecular weight is 297 g/mol. The van der Waals surface area contributed by atoms with Crippen molar-refractivity contribution in [2.24, 2.45) is 0 Å². The SMILES string of the molecule is CCCNC1(CO)CCCC(N2CCN(C)C(CC)C2)C1. The van der Waals surface area contributed by atoms with Crippen LogP contribution in [0.5, 0.6) is 0 Å². The van der Waals surface area contributed by atoms with Crippen molar-refractivity contribution in [1.29, 1.82) is 0 Å². The molecule has 1 saturated carbocycles. The summed E-state index contributed by atoms with van der Waals surface area (Å²) in [5.74, 6) is 0. The summed E-state index contributed by atoms with van der Waals surface area (Å²) in [6.45, 7) is 9.38. The van der Waals surface area contributed by atoms with Crippen LogP contribution < -0.4 is 5.32 Å². The van der Waals surface area contributed by atoms with Crippen LogP contribution in [0.3, 0.4) is 0 Å². The Morgan fingerprint density at radius 1 is 1.29 bits per heavy atom. The van der Waals surface area contributed by atoms with E-state index in [2.05, 4.69) is 36.0 Å². The van der Waals surface area contributed by atoms with Crippen molar-refractivity contribution in [2.45, 2.75) is 70.0 Å². The molecule has 3 unspecified atom stereocenters. The predicted octanol–water partition coefficient (Wildman–Crippen LogP) is 1.69. The summed E-state index contributed by atoms with van der Waals surface area (Å²) in [4.78, 5) is 5.21. The number of nitrogens with one attached hydrogen (secondary N) is 1. The van der Waals surface area contributed by atoms with Crippen molar-refractivity contribution in [3.05, 3.63) is 0 Å². The highest BCUT2D eigenvalue weighted by molar-refractivity contribution is 4.97. The molecule has 2 fully saturated rings. The molecule has 124 valence electrons. The number of hydrogen-bond acceptors (Lipinski definition) is 4. The van der Waals surface area contributed by atoms with Crippen molar-refractivity contribution in [3.8, 4) is 0 Å². The molecule has 4 heteroatoms. The number of nitrogens with zero attached hydrogens (tertiary/aromatic N) is 2. The van der Waals surface area contributed by atoms with Gasteiger partial charge in [-0.1, -0.05) is 13.8 Å². The van der Waals surface area contributed by atoms with Gasteiger partial charge in [0.15, 0.2) is 0 Å². The molecule has 0 bridgehead atoms. The zero-order valence-corrected chi connectivity index (χ0v) is 14.3. The zero-order valence-electron chi connectivity index (χ0n) is 14.3. The molecule has 0 aromatic carbocycles. The van der Waals surface area contributed by atoms with Gasteiger partial charge >= 0.3 is 0 Å². The zero-order chi connectivity index (χ0) is 15.3. The molecule has 2 aliphatic rings. The highest BCUT2D eigenvalue weighted by Gasteiger charge is 2.38. The van der Waals surface area contributed by atoms with Crippen molar-refractivity contribution in [1.82, 2.24) is 15.1 Å². The lowest BCUT2D eigenvalue weighted by atomic mass is 9.78. The molecule has 4 nitrogen and oxygen atoms in total. The molecule has 1 saturated heterocycles. The van der Waals surface area contributed by atoms with Gasteiger partial charge in [-0.05, 0) is 52.1 Å². The molecular weight excluding hydrogens is 262 g/mol. The Morgan fingerprint density at radius 2 is 2.10 bits per heavy atom. The molecule has 0 spiro atoms. The lowest BCUT2D eigenvalue weighted by Gasteiger charge is -2.48. The van der Waals surface area contributed by atoms with E-state index in [4.69, 9.17) is 0 Å². The van der Waals surface area contributed by atoms with E-state index in [9.17, 15) is 5.11 Å². The van der Waals surface area contributed by atoms with Gasteiger partial charge in [0.2, 0.25) is 0 Å². The molecule has 2 N–H and O–H groups in total. The maximum atomic E-state index is 9.94. The fourth-order valence-electron chi connectivity index (χ4n) is 4.14. The van der Waals surface area contributed by atoms with E-state index >= 15 is 0 Å². The molecule has 3 atom stereocenters. The van der Waals surface area contributed by atoms with Gasteiger partial charge in [0, 0.05) is 37.3 Å². The van der Waals surface area contributed by atoms with Gasteiger partial charge in [-0.2, -0.15) is 0 Å². The van der Waals surface area contributed by atoms with Crippen molar-refractivity contribution in [3.63, 3.8) is 0 Å². The largest absolute Gasteiger partial charge is 0.394 e. The lowest BCUT2D eigenvalue weighted by Crippen LogP contribution is -2.60. The van der Waals surface area contributed by atoms with Crippen molar-refractivity contribution < 1.29 is 5.11 Å². The lowest BCUT2D eigenvalue weighted by molar-refractivity contribution is 0.0161. The number of aliphatic hydroxyl groups excluding tert-OH is 1.